The number of carbonyl (C=O) groups is 2. The molecule has 0 spiro atoms. The summed E-state index contributed by atoms with van der Waals surface area (Å²) in [6, 6.07) is 13.0. The van der Waals surface area contributed by atoms with Gasteiger partial charge in [0.05, 0.1) is 18.6 Å². The van der Waals surface area contributed by atoms with Crippen LogP contribution in [0.3, 0.4) is 0 Å². The third-order valence-electron chi connectivity index (χ3n) is 4.91. The lowest BCUT2D eigenvalue weighted by atomic mass is 9.92. The van der Waals surface area contributed by atoms with E-state index in [0.717, 1.165) is 11.8 Å². The number of methoxy groups -OCH3 is 1. The van der Waals surface area contributed by atoms with Crippen molar-refractivity contribution in [3.63, 3.8) is 0 Å². The van der Waals surface area contributed by atoms with Gasteiger partial charge in [-0.25, -0.2) is 9.37 Å². The van der Waals surface area contributed by atoms with Crippen molar-refractivity contribution in [3.05, 3.63) is 75.8 Å². The highest BCUT2D eigenvalue weighted by atomic mass is 32.2. The van der Waals surface area contributed by atoms with Gasteiger partial charge in [-0.05, 0) is 23.8 Å². The summed E-state index contributed by atoms with van der Waals surface area (Å²) >= 11 is 1.12. The summed E-state index contributed by atoms with van der Waals surface area (Å²) in [6.07, 6.45) is -0.185. The number of aromatic amines is 1. The number of ether oxygens (including phenoxy) is 1. The highest BCUT2D eigenvalue weighted by Gasteiger charge is 2.34. The molecule has 1 aromatic heterocycles. The van der Waals surface area contributed by atoms with Gasteiger partial charge < -0.3 is 20.4 Å². The molecule has 10 heteroatoms. The zero-order valence-electron chi connectivity index (χ0n) is 17.0. The Kier molecular flexibility index (Phi) is 6.22. The Morgan fingerprint density at radius 2 is 2.06 bits per heavy atom. The van der Waals surface area contributed by atoms with Crippen molar-refractivity contribution >= 4 is 35.1 Å². The van der Waals surface area contributed by atoms with Gasteiger partial charge in [0.1, 0.15) is 17.4 Å². The number of aromatic nitrogens is 2. The second-order valence-electron chi connectivity index (χ2n) is 7.04. The van der Waals surface area contributed by atoms with Gasteiger partial charge in [-0.2, -0.15) is 0 Å². The molecule has 1 aliphatic rings. The van der Waals surface area contributed by atoms with Crippen LogP contribution in [-0.4, -0.2) is 28.9 Å². The number of hydrogen-bond acceptors (Lipinski definition) is 6. The van der Waals surface area contributed by atoms with Gasteiger partial charge in [-0.15, -0.1) is 0 Å². The van der Waals surface area contributed by atoms with E-state index in [4.69, 9.17) is 4.74 Å². The summed E-state index contributed by atoms with van der Waals surface area (Å²) in [7, 11) is 1.51. The fourth-order valence-electron chi connectivity index (χ4n) is 3.33. The van der Waals surface area contributed by atoms with Crippen LogP contribution in [0.15, 0.2) is 58.5 Å². The van der Waals surface area contributed by atoms with Crippen LogP contribution in [0.25, 0.3) is 0 Å². The van der Waals surface area contributed by atoms with E-state index >= 15 is 0 Å². The van der Waals surface area contributed by atoms with E-state index in [9.17, 15) is 18.8 Å². The lowest BCUT2D eigenvalue weighted by molar-refractivity contribution is -0.123. The number of nitrogens with zero attached hydrogens (tertiary/aromatic N) is 1. The van der Waals surface area contributed by atoms with Gasteiger partial charge >= 0.3 is 0 Å². The van der Waals surface area contributed by atoms with E-state index in [0.29, 0.717) is 17.0 Å². The summed E-state index contributed by atoms with van der Waals surface area (Å²) in [4.78, 5) is 44.8. The van der Waals surface area contributed by atoms with E-state index in [1.165, 1.54) is 13.2 Å². The number of thioether (sulfide) groups is 1. The molecule has 0 saturated carbocycles. The molecule has 0 aliphatic carbocycles. The van der Waals surface area contributed by atoms with Crippen molar-refractivity contribution < 1.29 is 18.7 Å². The number of halogens is 1. The first kappa shape index (κ1) is 21.6. The fraction of sp³-hybridized carbons (Fsp3) is 0.182. The molecule has 0 saturated heterocycles. The number of nitrogens with one attached hydrogen (secondary N) is 3. The molecular weight excluding hydrogens is 435 g/mol. The van der Waals surface area contributed by atoms with Gasteiger partial charge in [-0.3, -0.25) is 14.4 Å². The van der Waals surface area contributed by atoms with Crippen molar-refractivity contribution in [1.82, 2.24) is 9.97 Å². The molecule has 32 heavy (non-hydrogen) atoms. The molecule has 1 aliphatic heterocycles. The summed E-state index contributed by atoms with van der Waals surface area (Å²) < 4.78 is 19.0. The number of H-pyrrole nitrogens is 1. The molecule has 4 rings (SSSR count). The molecular formula is C22H19FN4O4S. The molecule has 0 radical (unpaired) electrons. The second kappa shape index (κ2) is 9.23. The number of benzene rings is 2. The first-order valence-electron chi connectivity index (χ1n) is 9.70. The Balaban J connectivity index is 1.57. The molecule has 0 bridgehead atoms. The van der Waals surface area contributed by atoms with Crippen molar-refractivity contribution in [2.75, 3.05) is 17.7 Å². The molecule has 3 aromatic rings. The first-order valence-corrected chi connectivity index (χ1v) is 10.7. The molecule has 164 valence electrons. The largest absolute Gasteiger partial charge is 0.497 e. The Hall–Kier alpha value is -3.66. The third kappa shape index (κ3) is 4.65. The Morgan fingerprint density at radius 1 is 1.25 bits per heavy atom. The van der Waals surface area contributed by atoms with Crippen LogP contribution in [0.1, 0.15) is 23.5 Å². The maximum Gasteiger partial charge on any atom is 0.257 e. The van der Waals surface area contributed by atoms with Crippen molar-refractivity contribution in [2.24, 2.45) is 0 Å². The molecule has 0 fully saturated rings. The minimum Gasteiger partial charge on any atom is -0.497 e. The molecule has 8 nitrogen and oxygen atoms in total. The maximum atomic E-state index is 13.8. The van der Waals surface area contributed by atoms with Gasteiger partial charge in [0.25, 0.3) is 5.56 Å². The van der Waals surface area contributed by atoms with Crippen LogP contribution in [0.2, 0.25) is 0 Å². The number of amides is 2. The van der Waals surface area contributed by atoms with E-state index in [1.54, 1.807) is 42.5 Å². The predicted molar refractivity (Wildman–Crippen MR) is 118 cm³/mol. The van der Waals surface area contributed by atoms with Gasteiger partial charge in [0, 0.05) is 23.9 Å². The first-order chi connectivity index (χ1) is 15.4. The smallest absolute Gasteiger partial charge is 0.257 e. The number of rotatable bonds is 6. The van der Waals surface area contributed by atoms with Crippen molar-refractivity contribution in [2.45, 2.75) is 23.2 Å². The highest BCUT2D eigenvalue weighted by molar-refractivity contribution is 7.98. The summed E-state index contributed by atoms with van der Waals surface area (Å²) in [5, 5.41) is 5.49. The summed E-state index contributed by atoms with van der Waals surface area (Å²) in [5.41, 5.74) is 0.484. The Labute approximate surface area is 186 Å². The maximum absolute atomic E-state index is 13.8. The molecule has 2 amide bonds. The van der Waals surface area contributed by atoms with E-state index < -0.39 is 23.3 Å². The van der Waals surface area contributed by atoms with Crippen LogP contribution in [-0.2, 0) is 15.3 Å². The molecule has 2 heterocycles. The number of anilines is 2. The van der Waals surface area contributed by atoms with Crippen LogP contribution < -0.4 is 20.9 Å². The van der Waals surface area contributed by atoms with E-state index in [1.807, 2.05) is 0 Å². The SMILES string of the molecule is COc1cccc(NC(=O)C2CC(=O)Nc3nc(SCc4ccccc4F)[nH]c(=O)c32)c1. The zero-order chi connectivity index (χ0) is 22.7. The second-order valence-corrected chi connectivity index (χ2v) is 8.00. The minimum absolute atomic E-state index is 0.0341. The lowest BCUT2D eigenvalue weighted by Crippen LogP contribution is -2.36. The molecule has 2 aromatic carbocycles. The predicted octanol–water partition coefficient (Wildman–Crippen LogP) is 3.27. The topological polar surface area (TPSA) is 113 Å². The van der Waals surface area contributed by atoms with Crippen LogP contribution in [0.4, 0.5) is 15.9 Å². The zero-order valence-corrected chi connectivity index (χ0v) is 17.8. The number of carbonyl (C=O) groups excluding carboxylic acids is 2. The van der Waals surface area contributed by atoms with E-state index in [2.05, 4.69) is 20.6 Å². The number of hydrogen-bond donors (Lipinski definition) is 3. The number of fused-ring (bicyclic) bond motifs is 1. The fourth-order valence-corrected chi connectivity index (χ4v) is 4.18. The highest BCUT2D eigenvalue weighted by Crippen LogP contribution is 2.31. The minimum atomic E-state index is -1.01. The lowest BCUT2D eigenvalue weighted by Gasteiger charge is -2.23. The third-order valence-corrected chi connectivity index (χ3v) is 5.83. The molecule has 1 unspecified atom stereocenters. The summed E-state index contributed by atoms with van der Waals surface area (Å²) in [5.74, 6) is -1.47. The Morgan fingerprint density at radius 3 is 2.84 bits per heavy atom. The quantitative estimate of drug-likeness (QED) is 0.389. The van der Waals surface area contributed by atoms with Gasteiger partial charge in [0.2, 0.25) is 11.8 Å². The normalized spacial score (nSPS) is 14.9. The molecule has 1 atom stereocenters. The van der Waals surface area contributed by atoms with Crippen LogP contribution in [0.5, 0.6) is 5.75 Å². The molecule has 3 N–H and O–H groups in total. The van der Waals surface area contributed by atoms with Crippen molar-refractivity contribution in [3.8, 4) is 5.75 Å². The van der Waals surface area contributed by atoms with Crippen LogP contribution in [0, 0.1) is 5.82 Å². The van der Waals surface area contributed by atoms with Crippen LogP contribution >= 0.6 is 11.8 Å². The van der Waals surface area contributed by atoms with Gasteiger partial charge in [0.15, 0.2) is 5.16 Å². The average Bonchev–Trinajstić information content (AvgIpc) is 2.77. The monoisotopic (exact) mass is 454 g/mol. The Bertz CT molecular complexity index is 1250. The summed E-state index contributed by atoms with van der Waals surface area (Å²) in [6.45, 7) is 0. The standard InChI is InChI=1S/C22H19FN4O4S/c1-31-14-7-4-6-13(9-14)24-20(29)15-10-17(28)25-19-18(15)21(30)27-22(26-19)32-11-12-5-2-3-8-16(12)23/h2-9,15H,10-11H2,1H3,(H,24,29)(H2,25,26,27,28,30). The van der Waals surface area contributed by atoms with E-state index in [-0.39, 0.29) is 34.5 Å². The average molecular weight is 454 g/mol. The van der Waals surface area contributed by atoms with Gasteiger partial charge in [-0.1, -0.05) is 36.0 Å². The van der Waals surface area contributed by atoms with Crippen molar-refractivity contribution in [1.29, 1.82) is 0 Å².